The van der Waals surface area contributed by atoms with Gasteiger partial charge in [-0.2, -0.15) is 0 Å². The molecule has 0 spiro atoms. The summed E-state index contributed by atoms with van der Waals surface area (Å²) < 4.78 is 5.28. The smallest absolute Gasteiger partial charge is 0.410 e. The van der Waals surface area contributed by atoms with E-state index in [1.807, 2.05) is 27.7 Å². The van der Waals surface area contributed by atoms with E-state index in [9.17, 15) is 9.59 Å². The summed E-state index contributed by atoms with van der Waals surface area (Å²) in [7, 11) is 0. The zero-order chi connectivity index (χ0) is 21.7. The molecular weight excluding hydrogens is 360 g/mol. The van der Waals surface area contributed by atoms with Gasteiger partial charge in [0.15, 0.2) is 0 Å². The zero-order valence-electron chi connectivity index (χ0n) is 18.8. The van der Waals surface area contributed by atoms with E-state index in [1.54, 1.807) is 9.80 Å². The normalized spacial score (nSPS) is 26.2. The van der Waals surface area contributed by atoms with Gasteiger partial charge in [-0.15, -0.1) is 0 Å². The summed E-state index contributed by atoms with van der Waals surface area (Å²) >= 11 is 0. The minimum atomic E-state index is -0.807. The highest BCUT2D eigenvalue weighted by Crippen LogP contribution is 2.28. The van der Waals surface area contributed by atoms with E-state index in [1.165, 1.54) is 0 Å². The number of ether oxygens (including phenoxy) is 1. The molecule has 3 N–H and O–H groups in total. The van der Waals surface area contributed by atoms with Crippen LogP contribution < -0.4 is 10.6 Å². The second-order valence-electron chi connectivity index (χ2n) is 9.81. The Labute approximate surface area is 170 Å². The molecule has 8 nitrogen and oxygen atoms in total. The molecule has 2 saturated heterocycles. The van der Waals surface area contributed by atoms with Crippen LogP contribution in [0, 0.1) is 5.41 Å². The molecule has 0 aromatic heterocycles. The van der Waals surface area contributed by atoms with Gasteiger partial charge in [0.1, 0.15) is 5.60 Å². The van der Waals surface area contributed by atoms with Gasteiger partial charge in [0.05, 0.1) is 6.04 Å². The fraction of sp³-hybridized carbons (Fsp3) is 0.900. The van der Waals surface area contributed by atoms with Crippen LogP contribution >= 0.6 is 0 Å². The van der Waals surface area contributed by atoms with Crippen molar-refractivity contribution in [2.45, 2.75) is 79.1 Å². The van der Waals surface area contributed by atoms with Gasteiger partial charge in [0, 0.05) is 44.8 Å². The Bertz CT molecular complexity index is 527. The number of piperazine rings is 2. The highest BCUT2D eigenvalue weighted by molar-refractivity contribution is 5.68. The summed E-state index contributed by atoms with van der Waals surface area (Å²) in [5.74, 6) is 0. The lowest BCUT2D eigenvalue weighted by molar-refractivity contribution is 0.0201. The molecule has 0 aromatic carbocycles. The van der Waals surface area contributed by atoms with Crippen molar-refractivity contribution < 1.29 is 19.4 Å². The van der Waals surface area contributed by atoms with Crippen LogP contribution in [-0.4, -0.2) is 83.5 Å². The third kappa shape index (κ3) is 7.83. The third-order valence-corrected chi connectivity index (χ3v) is 4.78. The predicted octanol–water partition coefficient (Wildman–Crippen LogP) is 2.59. The number of hydrogen-bond acceptors (Lipinski definition) is 5. The van der Waals surface area contributed by atoms with Gasteiger partial charge in [0.25, 0.3) is 0 Å². The molecule has 2 amide bonds. The fourth-order valence-electron chi connectivity index (χ4n) is 3.79. The molecule has 2 heterocycles. The first kappa shape index (κ1) is 24.5. The molecule has 0 bridgehead atoms. The van der Waals surface area contributed by atoms with Crippen LogP contribution in [0.25, 0.3) is 0 Å². The fourth-order valence-corrected chi connectivity index (χ4v) is 3.79. The molecular formula is C20H40N4O4. The van der Waals surface area contributed by atoms with Gasteiger partial charge >= 0.3 is 12.2 Å². The van der Waals surface area contributed by atoms with Gasteiger partial charge in [-0.05, 0) is 40.0 Å². The van der Waals surface area contributed by atoms with Crippen LogP contribution in [0.15, 0.2) is 0 Å². The maximum atomic E-state index is 11.6. The maximum Gasteiger partial charge on any atom is 0.410 e. The van der Waals surface area contributed by atoms with E-state index >= 15 is 0 Å². The number of rotatable bonds is 0. The molecule has 28 heavy (non-hydrogen) atoms. The van der Waals surface area contributed by atoms with Crippen LogP contribution in [0.2, 0.25) is 0 Å². The average Bonchev–Trinajstić information content (AvgIpc) is 2.52. The van der Waals surface area contributed by atoms with Crippen molar-refractivity contribution in [1.29, 1.82) is 0 Å². The van der Waals surface area contributed by atoms with Crippen molar-refractivity contribution >= 4 is 12.2 Å². The van der Waals surface area contributed by atoms with Gasteiger partial charge < -0.3 is 30.3 Å². The van der Waals surface area contributed by atoms with Gasteiger partial charge in [-0.1, -0.05) is 20.8 Å². The number of nitrogens with zero attached hydrogens (tertiary/aromatic N) is 2. The number of carbonyl (C=O) groups excluding carboxylic acids is 1. The molecule has 3 atom stereocenters. The first-order valence-corrected chi connectivity index (χ1v) is 10.2. The molecule has 2 aliphatic rings. The van der Waals surface area contributed by atoms with Gasteiger partial charge in [-0.25, -0.2) is 9.59 Å². The number of hydrogen-bond donors (Lipinski definition) is 3. The molecule has 2 fully saturated rings. The summed E-state index contributed by atoms with van der Waals surface area (Å²) in [6.45, 7) is 19.7. The lowest BCUT2D eigenvalue weighted by atomic mass is 9.80. The number of carboxylic acid groups (broad SMARTS) is 1. The highest BCUT2D eigenvalue weighted by atomic mass is 16.6. The first-order chi connectivity index (χ1) is 12.7. The summed E-state index contributed by atoms with van der Waals surface area (Å²) in [5.41, 5.74) is -0.420. The van der Waals surface area contributed by atoms with Crippen LogP contribution in [0.5, 0.6) is 0 Å². The van der Waals surface area contributed by atoms with Crippen molar-refractivity contribution in [2.75, 3.05) is 32.7 Å². The summed E-state index contributed by atoms with van der Waals surface area (Å²) in [6.07, 6.45) is -1.01. The number of nitrogens with one attached hydrogen (secondary N) is 2. The van der Waals surface area contributed by atoms with Crippen LogP contribution in [0.4, 0.5) is 9.59 Å². The Morgan fingerprint density at radius 2 is 1.57 bits per heavy atom. The summed E-state index contributed by atoms with van der Waals surface area (Å²) in [4.78, 5) is 26.0. The second kappa shape index (κ2) is 9.78. The van der Waals surface area contributed by atoms with E-state index in [2.05, 4.69) is 38.3 Å². The molecule has 2 aliphatic heterocycles. The van der Waals surface area contributed by atoms with Gasteiger partial charge in [-0.3, -0.25) is 0 Å². The van der Waals surface area contributed by atoms with Crippen LogP contribution in [0.1, 0.15) is 55.4 Å². The van der Waals surface area contributed by atoms with Crippen molar-refractivity contribution in [3.8, 4) is 0 Å². The molecule has 8 heteroatoms. The van der Waals surface area contributed by atoms with E-state index in [0.717, 1.165) is 26.2 Å². The minimum Gasteiger partial charge on any atom is -0.465 e. The number of amides is 2. The number of carbonyl (C=O) groups is 2. The van der Waals surface area contributed by atoms with Crippen molar-refractivity contribution in [3.05, 3.63) is 0 Å². The quantitative estimate of drug-likeness (QED) is 0.579. The summed E-state index contributed by atoms with van der Waals surface area (Å²) in [6, 6.07) is 0.630. The molecule has 2 rings (SSSR count). The molecule has 3 unspecified atom stereocenters. The largest absolute Gasteiger partial charge is 0.465 e. The topological polar surface area (TPSA) is 94.1 Å². The third-order valence-electron chi connectivity index (χ3n) is 4.78. The minimum absolute atomic E-state index is 0.0226. The van der Waals surface area contributed by atoms with Crippen molar-refractivity contribution in [2.24, 2.45) is 5.41 Å². The van der Waals surface area contributed by atoms with Crippen molar-refractivity contribution in [1.82, 2.24) is 20.4 Å². The van der Waals surface area contributed by atoms with E-state index in [4.69, 9.17) is 9.84 Å². The Morgan fingerprint density at radius 3 is 2.00 bits per heavy atom. The average molecular weight is 401 g/mol. The Balaban J connectivity index is 0.000000280. The van der Waals surface area contributed by atoms with E-state index in [-0.39, 0.29) is 23.6 Å². The van der Waals surface area contributed by atoms with E-state index in [0.29, 0.717) is 12.6 Å². The molecule has 0 saturated carbocycles. The Hall–Kier alpha value is -1.54. The molecule has 0 aliphatic carbocycles. The first-order valence-electron chi connectivity index (χ1n) is 10.2. The Morgan fingerprint density at radius 1 is 1.00 bits per heavy atom. The zero-order valence-corrected chi connectivity index (χ0v) is 18.8. The molecule has 0 radical (unpaired) electrons. The van der Waals surface area contributed by atoms with Crippen LogP contribution in [0.3, 0.4) is 0 Å². The SMILES string of the molecule is CC1CN(C(=O)OC(C)(C)C)CCN1.CC1NCCN(C(=O)O)C1C(C)(C)C. The lowest BCUT2D eigenvalue weighted by Crippen LogP contribution is -2.62. The standard InChI is InChI=1S/2C10H20N2O2/c1-8-7-12(6-5-11-8)9(13)14-10(2,3)4;1-7-8(10(2,3)4)12(9(13)14)6-5-11-7/h8,11H,5-7H2,1-4H3;7-8,11H,5-6H2,1-4H3,(H,13,14). The van der Waals surface area contributed by atoms with Crippen LogP contribution in [-0.2, 0) is 4.74 Å². The molecule has 0 aromatic rings. The molecule has 164 valence electrons. The van der Waals surface area contributed by atoms with Crippen molar-refractivity contribution in [3.63, 3.8) is 0 Å². The maximum absolute atomic E-state index is 11.6. The summed E-state index contributed by atoms with van der Waals surface area (Å²) in [5, 5.41) is 15.7. The second-order valence-corrected chi connectivity index (χ2v) is 9.81. The van der Waals surface area contributed by atoms with E-state index < -0.39 is 11.7 Å². The predicted molar refractivity (Wildman–Crippen MR) is 111 cm³/mol. The highest BCUT2D eigenvalue weighted by Gasteiger charge is 2.39. The Kier molecular flexibility index (Phi) is 8.56. The monoisotopic (exact) mass is 400 g/mol. The lowest BCUT2D eigenvalue weighted by Gasteiger charge is -2.46. The van der Waals surface area contributed by atoms with Gasteiger partial charge in [0.2, 0.25) is 0 Å².